The van der Waals surface area contributed by atoms with Gasteiger partial charge in [0, 0.05) is 22.5 Å². The number of benzene rings is 1. The summed E-state index contributed by atoms with van der Waals surface area (Å²) in [6, 6.07) is 6.68. The van der Waals surface area contributed by atoms with E-state index in [1.54, 1.807) is 18.2 Å². The molecule has 1 saturated heterocycles. The molecule has 0 spiro atoms. The standard InChI is InChI=1S/C11H12N4O3/c12-14-13-6-9-5-8(7-18-9)10-3-1-2-4-11(10)15(16)17/h1-4,8-9H,5-7H2/t8-,9-/m0/s1. The average Bonchev–Trinajstić information content (AvgIpc) is 2.85. The molecule has 0 amide bonds. The zero-order valence-corrected chi connectivity index (χ0v) is 9.60. The molecule has 2 rings (SSSR count). The summed E-state index contributed by atoms with van der Waals surface area (Å²) < 4.78 is 5.47. The largest absolute Gasteiger partial charge is 0.377 e. The van der Waals surface area contributed by atoms with Crippen LogP contribution in [0.1, 0.15) is 17.9 Å². The van der Waals surface area contributed by atoms with Gasteiger partial charge in [-0.05, 0) is 12.0 Å². The number of nitrogens with zero attached hydrogens (tertiary/aromatic N) is 4. The van der Waals surface area contributed by atoms with Crippen LogP contribution in [0.3, 0.4) is 0 Å². The molecular weight excluding hydrogens is 236 g/mol. The molecule has 2 atom stereocenters. The maximum absolute atomic E-state index is 10.9. The highest BCUT2D eigenvalue weighted by molar-refractivity contribution is 5.42. The SMILES string of the molecule is [N-]=[N+]=NC[C@@H]1C[C@H](c2ccccc2[N+](=O)[O-])CO1. The molecule has 0 aliphatic carbocycles. The maximum atomic E-state index is 10.9. The zero-order valence-electron chi connectivity index (χ0n) is 9.60. The van der Waals surface area contributed by atoms with E-state index in [1.165, 1.54) is 6.07 Å². The number of ether oxygens (including phenoxy) is 1. The van der Waals surface area contributed by atoms with Gasteiger partial charge in [0.05, 0.1) is 24.2 Å². The summed E-state index contributed by atoms with van der Waals surface area (Å²) in [4.78, 5) is 13.2. The first kappa shape index (κ1) is 12.3. The Morgan fingerprint density at radius 3 is 3.06 bits per heavy atom. The molecule has 7 nitrogen and oxygen atoms in total. The van der Waals surface area contributed by atoms with Crippen molar-refractivity contribution in [1.82, 2.24) is 0 Å². The lowest BCUT2D eigenvalue weighted by atomic mass is 9.95. The Morgan fingerprint density at radius 2 is 2.33 bits per heavy atom. The summed E-state index contributed by atoms with van der Waals surface area (Å²) in [5.74, 6) is -0.00880. The summed E-state index contributed by atoms with van der Waals surface area (Å²) >= 11 is 0. The molecule has 18 heavy (non-hydrogen) atoms. The van der Waals surface area contributed by atoms with Gasteiger partial charge in [0.15, 0.2) is 0 Å². The third-order valence-corrected chi connectivity index (χ3v) is 3.00. The predicted octanol–water partition coefficient (Wildman–Crippen LogP) is 2.78. The van der Waals surface area contributed by atoms with Crippen molar-refractivity contribution >= 4 is 5.69 Å². The van der Waals surface area contributed by atoms with E-state index in [2.05, 4.69) is 10.0 Å². The van der Waals surface area contributed by atoms with Gasteiger partial charge in [0.25, 0.3) is 5.69 Å². The van der Waals surface area contributed by atoms with Crippen LogP contribution in [0.5, 0.6) is 0 Å². The molecule has 1 aromatic carbocycles. The Kier molecular flexibility index (Phi) is 3.76. The van der Waals surface area contributed by atoms with Crippen LogP contribution in [0.4, 0.5) is 5.69 Å². The van der Waals surface area contributed by atoms with Crippen LogP contribution in [0.15, 0.2) is 29.4 Å². The number of nitro benzene ring substituents is 1. The first-order valence-electron chi connectivity index (χ1n) is 5.58. The van der Waals surface area contributed by atoms with Crippen LogP contribution in [0.2, 0.25) is 0 Å². The van der Waals surface area contributed by atoms with Crippen molar-refractivity contribution in [2.45, 2.75) is 18.4 Å². The topological polar surface area (TPSA) is 101 Å². The Bertz CT molecular complexity index is 499. The summed E-state index contributed by atoms with van der Waals surface area (Å²) in [5, 5.41) is 14.4. The van der Waals surface area contributed by atoms with Crippen LogP contribution in [0.25, 0.3) is 10.4 Å². The lowest BCUT2D eigenvalue weighted by Gasteiger charge is -2.08. The van der Waals surface area contributed by atoms with Crippen molar-refractivity contribution in [2.75, 3.05) is 13.2 Å². The summed E-state index contributed by atoms with van der Waals surface area (Å²) in [6.45, 7) is 0.699. The molecule has 94 valence electrons. The Balaban J connectivity index is 2.14. The van der Waals surface area contributed by atoms with Gasteiger partial charge in [-0.1, -0.05) is 23.3 Å². The second kappa shape index (κ2) is 5.48. The number of nitro groups is 1. The number of azide groups is 1. The minimum absolute atomic E-state index is 0.00880. The normalized spacial score (nSPS) is 22.4. The lowest BCUT2D eigenvalue weighted by Crippen LogP contribution is -2.08. The van der Waals surface area contributed by atoms with Crippen LogP contribution in [-0.4, -0.2) is 24.2 Å². The van der Waals surface area contributed by atoms with Gasteiger partial charge in [-0.25, -0.2) is 0 Å². The second-order valence-corrected chi connectivity index (χ2v) is 4.12. The summed E-state index contributed by atoms with van der Waals surface area (Å²) in [7, 11) is 0. The van der Waals surface area contributed by atoms with Gasteiger partial charge in [-0.3, -0.25) is 10.1 Å². The first-order valence-corrected chi connectivity index (χ1v) is 5.58. The summed E-state index contributed by atoms with van der Waals surface area (Å²) in [6.07, 6.45) is 0.495. The smallest absolute Gasteiger partial charge is 0.272 e. The van der Waals surface area contributed by atoms with Crippen molar-refractivity contribution in [3.05, 3.63) is 50.4 Å². The second-order valence-electron chi connectivity index (χ2n) is 4.12. The quantitative estimate of drug-likeness (QED) is 0.269. The van der Waals surface area contributed by atoms with Gasteiger partial charge in [0.2, 0.25) is 0 Å². The van der Waals surface area contributed by atoms with E-state index in [4.69, 9.17) is 10.3 Å². The molecule has 1 heterocycles. The highest BCUT2D eigenvalue weighted by Gasteiger charge is 2.30. The summed E-state index contributed by atoms with van der Waals surface area (Å²) in [5.41, 5.74) is 9.05. The predicted molar refractivity (Wildman–Crippen MR) is 64.2 cm³/mol. The highest BCUT2D eigenvalue weighted by Crippen LogP contribution is 2.34. The Labute approximate surface area is 103 Å². The van der Waals surface area contributed by atoms with E-state index < -0.39 is 0 Å². The molecule has 0 bridgehead atoms. The number of hydrogen-bond acceptors (Lipinski definition) is 4. The van der Waals surface area contributed by atoms with Crippen molar-refractivity contribution in [1.29, 1.82) is 0 Å². The number of hydrogen-bond donors (Lipinski definition) is 0. The van der Waals surface area contributed by atoms with E-state index >= 15 is 0 Å². The van der Waals surface area contributed by atoms with E-state index in [0.29, 0.717) is 18.6 Å². The van der Waals surface area contributed by atoms with Crippen LogP contribution in [0, 0.1) is 10.1 Å². The van der Waals surface area contributed by atoms with Gasteiger partial charge in [0.1, 0.15) is 0 Å². The van der Waals surface area contributed by atoms with Crippen molar-refractivity contribution in [3.8, 4) is 0 Å². The van der Waals surface area contributed by atoms with Crippen LogP contribution in [-0.2, 0) is 4.74 Å². The van der Waals surface area contributed by atoms with E-state index in [0.717, 1.165) is 0 Å². The van der Waals surface area contributed by atoms with Crippen molar-refractivity contribution in [2.24, 2.45) is 5.11 Å². The van der Waals surface area contributed by atoms with Crippen LogP contribution >= 0.6 is 0 Å². The molecule has 7 heteroatoms. The van der Waals surface area contributed by atoms with Gasteiger partial charge < -0.3 is 4.74 Å². The van der Waals surface area contributed by atoms with E-state index in [1.807, 2.05) is 0 Å². The molecule has 1 fully saturated rings. The molecule has 1 aliphatic rings. The number of para-hydroxylation sites is 1. The van der Waals surface area contributed by atoms with Crippen LogP contribution < -0.4 is 0 Å². The first-order chi connectivity index (χ1) is 8.72. The molecule has 0 N–H and O–H groups in total. The third-order valence-electron chi connectivity index (χ3n) is 3.00. The zero-order chi connectivity index (χ0) is 13.0. The van der Waals surface area contributed by atoms with Gasteiger partial charge in [-0.2, -0.15) is 0 Å². The van der Waals surface area contributed by atoms with Crippen molar-refractivity contribution in [3.63, 3.8) is 0 Å². The van der Waals surface area contributed by atoms with E-state index in [9.17, 15) is 10.1 Å². The Morgan fingerprint density at radius 1 is 1.56 bits per heavy atom. The van der Waals surface area contributed by atoms with Gasteiger partial charge >= 0.3 is 0 Å². The lowest BCUT2D eigenvalue weighted by molar-refractivity contribution is -0.385. The molecule has 0 unspecified atom stereocenters. The molecule has 0 aromatic heterocycles. The number of rotatable bonds is 4. The monoisotopic (exact) mass is 248 g/mol. The molecule has 0 radical (unpaired) electrons. The third kappa shape index (κ3) is 2.58. The van der Waals surface area contributed by atoms with Gasteiger partial charge in [-0.15, -0.1) is 0 Å². The highest BCUT2D eigenvalue weighted by atomic mass is 16.6. The van der Waals surface area contributed by atoms with E-state index in [-0.39, 0.29) is 29.2 Å². The molecular formula is C11H12N4O3. The maximum Gasteiger partial charge on any atom is 0.272 e. The average molecular weight is 248 g/mol. The molecule has 0 saturated carbocycles. The fourth-order valence-electron chi connectivity index (χ4n) is 2.18. The fraction of sp³-hybridized carbons (Fsp3) is 0.455. The minimum Gasteiger partial charge on any atom is -0.377 e. The minimum atomic E-state index is -0.379. The molecule has 1 aromatic rings. The Hall–Kier alpha value is -2.11. The fourth-order valence-corrected chi connectivity index (χ4v) is 2.18. The molecule has 1 aliphatic heterocycles. The van der Waals surface area contributed by atoms with Crippen molar-refractivity contribution < 1.29 is 9.66 Å².